The second-order valence-corrected chi connectivity index (χ2v) is 11.3. The van der Waals surface area contributed by atoms with Crippen LogP contribution in [0.5, 0.6) is 5.75 Å². The quantitative estimate of drug-likeness (QED) is 0.472. The van der Waals surface area contributed by atoms with Crippen LogP contribution in [0.4, 0.5) is 8.78 Å². The average molecular weight is 479 g/mol. The van der Waals surface area contributed by atoms with Gasteiger partial charge in [-0.25, -0.2) is 8.42 Å². The standard InChI is InChI=1S/C22H24F2N4O4S/c1-13(2)28-17-6-14(18(29)7-21(3)11-33(30,31)12-21)9-26-20(17)19(27-28)15-5-16(10-25-8-15)32-22(4,23)24/h5-6,8-10,13H,7,11-12H2,1-4H3. The second kappa shape index (κ2) is 7.82. The fourth-order valence-corrected chi connectivity index (χ4v) is 6.43. The molecular weight excluding hydrogens is 454 g/mol. The highest BCUT2D eigenvalue weighted by Gasteiger charge is 2.45. The Balaban J connectivity index is 1.71. The molecule has 8 nitrogen and oxygen atoms in total. The molecule has 0 spiro atoms. The zero-order valence-electron chi connectivity index (χ0n) is 18.7. The smallest absolute Gasteiger partial charge is 0.394 e. The van der Waals surface area contributed by atoms with Crippen molar-refractivity contribution in [1.82, 2.24) is 19.7 Å². The van der Waals surface area contributed by atoms with E-state index in [2.05, 4.69) is 19.8 Å². The van der Waals surface area contributed by atoms with Gasteiger partial charge in [0.05, 0.1) is 23.2 Å². The highest BCUT2D eigenvalue weighted by Crippen LogP contribution is 2.37. The summed E-state index contributed by atoms with van der Waals surface area (Å²) in [5.41, 5.74) is 1.75. The lowest BCUT2D eigenvalue weighted by Gasteiger charge is -2.37. The third-order valence-corrected chi connectivity index (χ3v) is 7.64. The van der Waals surface area contributed by atoms with E-state index >= 15 is 0 Å². The molecule has 33 heavy (non-hydrogen) atoms. The Morgan fingerprint density at radius 1 is 1.24 bits per heavy atom. The fraction of sp³-hybridized carbons (Fsp3) is 0.455. The molecular formula is C22H24F2N4O4S. The van der Waals surface area contributed by atoms with Crippen LogP contribution < -0.4 is 4.74 Å². The molecule has 1 fully saturated rings. The molecule has 0 N–H and O–H groups in total. The normalized spacial score (nSPS) is 17.2. The van der Waals surface area contributed by atoms with Crippen LogP contribution in [-0.2, 0) is 9.84 Å². The number of halogens is 2. The number of ketones is 1. The first-order valence-corrected chi connectivity index (χ1v) is 12.2. The number of aromatic nitrogens is 4. The summed E-state index contributed by atoms with van der Waals surface area (Å²) in [5, 5.41) is 4.60. The predicted octanol–water partition coefficient (Wildman–Crippen LogP) is 4.07. The Morgan fingerprint density at radius 2 is 1.94 bits per heavy atom. The molecule has 0 unspecified atom stereocenters. The van der Waals surface area contributed by atoms with Gasteiger partial charge < -0.3 is 4.74 Å². The number of hydrogen-bond acceptors (Lipinski definition) is 7. The Hall–Kier alpha value is -2.95. The van der Waals surface area contributed by atoms with E-state index in [4.69, 9.17) is 0 Å². The van der Waals surface area contributed by atoms with E-state index in [9.17, 15) is 22.0 Å². The molecule has 3 aromatic heterocycles. The summed E-state index contributed by atoms with van der Waals surface area (Å²) in [6, 6.07) is 3.02. The molecule has 1 aliphatic heterocycles. The first-order valence-electron chi connectivity index (χ1n) is 10.4. The van der Waals surface area contributed by atoms with E-state index < -0.39 is 21.4 Å². The fourth-order valence-electron chi connectivity index (χ4n) is 4.18. The van der Waals surface area contributed by atoms with Crippen molar-refractivity contribution in [2.75, 3.05) is 11.5 Å². The number of rotatable bonds is 7. The van der Waals surface area contributed by atoms with Crippen molar-refractivity contribution >= 4 is 26.7 Å². The second-order valence-electron chi connectivity index (χ2n) is 9.24. The summed E-state index contributed by atoms with van der Waals surface area (Å²) in [5.74, 6) is -0.306. The van der Waals surface area contributed by atoms with E-state index in [1.54, 1.807) is 17.7 Å². The summed E-state index contributed by atoms with van der Waals surface area (Å²) >= 11 is 0. The van der Waals surface area contributed by atoms with Gasteiger partial charge in [0, 0.05) is 48.3 Å². The number of alkyl halides is 2. The topological polar surface area (TPSA) is 104 Å². The Bertz CT molecular complexity index is 1330. The summed E-state index contributed by atoms with van der Waals surface area (Å²) in [6.07, 6.45) is 0.852. The van der Waals surface area contributed by atoms with E-state index in [-0.39, 0.29) is 35.5 Å². The maximum atomic E-state index is 13.3. The van der Waals surface area contributed by atoms with Gasteiger partial charge in [0.15, 0.2) is 15.6 Å². The van der Waals surface area contributed by atoms with Crippen LogP contribution in [-0.4, -0.2) is 51.6 Å². The van der Waals surface area contributed by atoms with Crippen molar-refractivity contribution < 1.29 is 26.7 Å². The number of sulfone groups is 1. The molecule has 0 aromatic carbocycles. The summed E-state index contributed by atoms with van der Waals surface area (Å²) in [7, 11) is -3.06. The van der Waals surface area contributed by atoms with Gasteiger partial charge in [-0.3, -0.25) is 19.4 Å². The van der Waals surface area contributed by atoms with Crippen molar-refractivity contribution in [2.24, 2.45) is 5.41 Å². The van der Waals surface area contributed by atoms with E-state index in [1.165, 1.54) is 24.7 Å². The van der Waals surface area contributed by atoms with Crippen molar-refractivity contribution in [3.63, 3.8) is 0 Å². The molecule has 1 aliphatic rings. The van der Waals surface area contributed by atoms with Gasteiger partial charge in [-0.1, -0.05) is 6.92 Å². The maximum Gasteiger partial charge on any atom is 0.394 e. The van der Waals surface area contributed by atoms with Gasteiger partial charge in [0.2, 0.25) is 0 Å². The molecule has 176 valence electrons. The van der Waals surface area contributed by atoms with Crippen molar-refractivity contribution in [3.8, 4) is 17.0 Å². The first kappa shape index (κ1) is 23.2. The lowest BCUT2D eigenvalue weighted by atomic mass is 9.86. The Kier molecular flexibility index (Phi) is 5.50. The van der Waals surface area contributed by atoms with Gasteiger partial charge in [-0.15, -0.1) is 0 Å². The molecule has 0 aliphatic carbocycles. The Morgan fingerprint density at radius 3 is 2.55 bits per heavy atom. The average Bonchev–Trinajstić information content (AvgIpc) is 3.04. The highest BCUT2D eigenvalue weighted by atomic mass is 32.2. The van der Waals surface area contributed by atoms with Gasteiger partial charge in [-0.2, -0.15) is 13.9 Å². The number of carbonyl (C=O) groups is 1. The number of hydrogen-bond donors (Lipinski definition) is 0. The molecule has 0 atom stereocenters. The lowest BCUT2D eigenvalue weighted by molar-refractivity contribution is -0.159. The van der Waals surface area contributed by atoms with E-state index in [0.717, 1.165) is 0 Å². The van der Waals surface area contributed by atoms with E-state index in [1.807, 2.05) is 13.8 Å². The Labute approximate surface area is 189 Å². The lowest BCUT2D eigenvalue weighted by Crippen LogP contribution is -2.47. The number of fused-ring (bicyclic) bond motifs is 1. The minimum Gasteiger partial charge on any atom is -0.431 e. The zero-order chi connectivity index (χ0) is 24.2. The summed E-state index contributed by atoms with van der Waals surface area (Å²) in [4.78, 5) is 21.3. The van der Waals surface area contributed by atoms with Gasteiger partial charge in [-0.05, 0) is 26.0 Å². The molecule has 0 radical (unpaired) electrons. The number of Topliss-reactive ketones (excluding diaryl/α,β-unsaturated/α-hetero) is 1. The molecule has 4 rings (SSSR count). The van der Waals surface area contributed by atoms with Crippen molar-refractivity contribution in [3.05, 3.63) is 36.3 Å². The molecule has 0 amide bonds. The molecule has 11 heteroatoms. The van der Waals surface area contributed by atoms with Crippen molar-refractivity contribution in [2.45, 2.75) is 46.3 Å². The van der Waals surface area contributed by atoms with E-state index in [0.29, 0.717) is 34.8 Å². The van der Waals surface area contributed by atoms with Crippen LogP contribution >= 0.6 is 0 Å². The summed E-state index contributed by atoms with van der Waals surface area (Å²) < 4.78 is 56.0. The predicted molar refractivity (Wildman–Crippen MR) is 118 cm³/mol. The largest absolute Gasteiger partial charge is 0.431 e. The van der Waals surface area contributed by atoms with Crippen LogP contribution in [0, 0.1) is 5.41 Å². The molecule has 0 bridgehead atoms. The summed E-state index contributed by atoms with van der Waals surface area (Å²) in [6.45, 7) is 6.26. The minimum absolute atomic E-state index is 0.00228. The van der Waals surface area contributed by atoms with Gasteiger partial charge in [0.25, 0.3) is 0 Å². The van der Waals surface area contributed by atoms with Crippen LogP contribution in [0.25, 0.3) is 22.3 Å². The molecule has 4 heterocycles. The number of nitrogens with zero attached hydrogens (tertiary/aromatic N) is 4. The highest BCUT2D eigenvalue weighted by molar-refractivity contribution is 7.92. The third-order valence-electron chi connectivity index (χ3n) is 5.37. The number of pyridine rings is 2. The monoisotopic (exact) mass is 478 g/mol. The van der Waals surface area contributed by atoms with Gasteiger partial charge in [0.1, 0.15) is 17.0 Å². The maximum absolute atomic E-state index is 13.3. The molecule has 3 aromatic rings. The number of carbonyl (C=O) groups excluding carboxylic acids is 1. The molecule has 1 saturated heterocycles. The number of ether oxygens (including phenoxy) is 1. The van der Waals surface area contributed by atoms with Gasteiger partial charge >= 0.3 is 6.11 Å². The zero-order valence-corrected chi connectivity index (χ0v) is 19.5. The van der Waals surface area contributed by atoms with Crippen LogP contribution in [0.15, 0.2) is 30.7 Å². The minimum atomic E-state index is -3.36. The van der Waals surface area contributed by atoms with Crippen LogP contribution in [0.1, 0.15) is 50.5 Å². The first-order chi connectivity index (χ1) is 15.3. The van der Waals surface area contributed by atoms with Crippen molar-refractivity contribution in [1.29, 1.82) is 0 Å². The SMILES string of the molecule is CC(C)n1nc(-c2cncc(OC(C)(F)F)c2)c2ncc(C(=O)CC3(C)CS(=O)(=O)C3)cc21. The van der Waals surface area contributed by atoms with Crippen LogP contribution in [0.3, 0.4) is 0 Å². The molecule has 0 saturated carbocycles. The third kappa shape index (κ3) is 4.87. The van der Waals surface area contributed by atoms with Crippen LogP contribution in [0.2, 0.25) is 0 Å².